The summed E-state index contributed by atoms with van der Waals surface area (Å²) in [6.45, 7) is 3.78. The Morgan fingerprint density at radius 3 is 2.60 bits per heavy atom. The standard InChI is InChI=1S/C11H13Cl2NO/c1-7(2)14-11(15)10(13)8-4-3-5-9(12)6-8/h3-7,10H,1-2H3,(H,14,15). The number of hydrogen-bond acceptors (Lipinski definition) is 1. The maximum atomic E-state index is 11.6. The third kappa shape index (κ3) is 3.73. The third-order valence-corrected chi connectivity index (χ3v) is 2.49. The maximum absolute atomic E-state index is 11.6. The lowest BCUT2D eigenvalue weighted by Crippen LogP contribution is -2.32. The van der Waals surface area contributed by atoms with E-state index in [1.807, 2.05) is 13.8 Å². The van der Waals surface area contributed by atoms with Gasteiger partial charge in [-0.25, -0.2) is 0 Å². The van der Waals surface area contributed by atoms with Crippen LogP contribution in [0.1, 0.15) is 24.8 Å². The molecule has 15 heavy (non-hydrogen) atoms. The molecule has 0 saturated carbocycles. The van der Waals surface area contributed by atoms with Crippen LogP contribution in [0.3, 0.4) is 0 Å². The zero-order chi connectivity index (χ0) is 11.4. The number of amides is 1. The van der Waals surface area contributed by atoms with Crippen LogP contribution in [-0.2, 0) is 4.79 Å². The Hall–Kier alpha value is -0.730. The molecule has 0 bridgehead atoms. The number of carbonyl (C=O) groups is 1. The first-order valence-corrected chi connectivity index (χ1v) is 5.52. The Morgan fingerprint density at radius 2 is 2.07 bits per heavy atom. The molecule has 1 rings (SSSR count). The van der Waals surface area contributed by atoms with Gasteiger partial charge in [0, 0.05) is 11.1 Å². The minimum atomic E-state index is -0.689. The Bertz CT molecular complexity index is 352. The van der Waals surface area contributed by atoms with Crippen LogP contribution < -0.4 is 5.32 Å². The fourth-order valence-electron chi connectivity index (χ4n) is 1.17. The summed E-state index contributed by atoms with van der Waals surface area (Å²) in [6.07, 6.45) is 0. The molecule has 0 aliphatic heterocycles. The van der Waals surface area contributed by atoms with Crippen LogP contribution in [0, 0.1) is 0 Å². The van der Waals surface area contributed by atoms with E-state index in [0.717, 1.165) is 0 Å². The first kappa shape index (κ1) is 12.3. The predicted octanol–water partition coefficient (Wildman–Crippen LogP) is 3.14. The van der Waals surface area contributed by atoms with Crippen molar-refractivity contribution in [1.82, 2.24) is 5.32 Å². The number of rotatable bonds is 3. The van der Waals surface area contributed by atoms with Crippen molar-refractivity contribution in [3.05, 3.63) is 34.9 Å². The molecule has 0 saturated heterocycles. The van der Waals surface area contributed by atoms with Gasteiger partial charge in [-0.1, -0.05) is 23.7 Å². The van der Waals surface area contributed by atoms with Gasteiger partial charge in [-0.2, -0.15) is 0 Å². The Kier molecular flexibility index (Phi) is 4.43. The fourth-order valence-corrected chi connectivity index (χ4v) is 1.57. The highest BCUT2D eigenvalue weighted by Gasteiger charge is 2.18. The SMILES string of the molecule is CC(C)NC(=O)C(Cl)c1cccc(Cl)c1. The summed E-state index contributed by atoms with van der Waals surface area (Å²) in [5.41, 5.74) is 0.710. The van der Waals surface area contributed by atoms with Gasteiger partial charge in [0.25, 0.3) is 0 Å². The van der Waals surface area contributed by atoms with Crippen molar-refractivity contribution in [3.8, 4) is 0 Å². The monoisotopic (exact) mass is 245 g/mol. The van der Waals surface area contributed by atoms with E-state index in [4.69, 9.17) is 23.2 Å². The van der Waals surface area contributed by atoms with Gasteiger partial charge in [0.1, 0.15) is 5.38 Å². The van der Waals surface area contributed by atoms with E-state index >= 15 is 0 Å². The molecular weight excluding hydrogens is 233 g/mol. The number of halogens is 2. The van der Waals surface area contributed by atoms with Gasteiger partial charge in [0.15, 0.2) is 0 Å². The lowest BCUT2D eigenvalue weighted by atomic mass is 10.1. The van der Waals surface area contributed by atoms with Crippen molar-refractivity contribution in [2.75, 3.05) is 0 Å². The first-order chi connectivity index (χ1) is 7.00. The molecular formula is C11H13Cl2NO. The summed E-state index contributed by atoms with van der Waals surface area (Å²) < 4.78 is 0. The highest BCUT2D eigenvalue weighted by molar-refractivity contribution is 6.32. The van der Waals surface area contributed by atoms with E-state index in [9.17, 15) is 4.79 Å². The minimum absolute atomic E-state index is 0.0814. The highest BCUT2D eigenvalue weighted by atomic mass is 35.5. The molecule has 0 heterocycles. The lowest BCUT2D eigenvalue weighted by Gasteiger charge is -2.13. The third-order valence-electron chi connectivity index (χ3n) is 1.80. The van der Waals surface area contributed by atoms with Gasteiger partial charge in [-0.15, -0.1) is 11.6 Å². The average molecular weight is 246 g/mol. The van der Waals surface area contributed by atoms with Gasteiger partial charge in [-0.05, 0) is 31.5 Å². The van der Waals surface area contributed by atoms with Crippen molar-refractivity contribution >= 4 is 29.1 Å². The minimum Gasteiger partial charge on any atom is -0.352 e. The number of hydrogen-bond donors (Lipinski definition) is 1. The van der Waals surface area contributed by atoms with E-state index in [1.165, 1.54) is 0 Å². The largest absolute Gasteiger partial charge is 0.352 e. The van der Waals surface area contributed by atoms with Crippen molar-refractivity contribution in [2.45, 2.75) is 25.3 Å². The van der Waals surface area contributed by atoms with Crippen LogP contribution >= 0.6 is 23.2 Å². The molecule has 1 amide bonds. The van der Waals surface area contributed by atoms with E-state index in [2.05, 4.69) is 5.32 Å². The van der Waals surface area contributed by atoms with Gasteiger partial charge in [0.05, 0.1) is 0 Å². The number of benzene rings is 1. The molecule has 0 fully saturated rings. The Balaban J connectivity index is 2.76. The number of alkyl halides is 1. The number of nitrogens with one attached hydrogen (secondary N) is 1. The van der Waals surface area contributed by atoms with Crippen molar-refractivity contribution in [1.29, 1.82) is 0 Å². The van der Waals surface area contributed by atoms with Crippen LogP contribution in [0.4, 0.5) is 0 Å². The quantitative estimate of drug-likeness (QED) is 0.815. The molecule has 0 aliphatic carbocycles. The van der Waals surface area contributed by atoms with Gasteiger partial charge in [-0.3, -0.25) is 4.79 Å². The summed E-state index contributed by atoms with van der Waals surface area (Å²) in [5.74, 6) is -0.200. The predicted molar refractivity (Wildman–Crippen MR) is 63.3 cm³/mol. The maximum Gasteiger partial charge on any atom is 0.242 e. The van der Waals surface area contributed by atoms with Crippen molar-refractivity contribution < 1.29 is 4.79 Å². The van der Waals surface area contributed by atoms with Gasteiger partial charge >= 0.3 is 0 Å². The molecule has 1 aromatic rings. The summed E-state index contributed by atoms with van der Waals surface area (Å²) in [6, 6.07) is 7.07. The van der Waals surface area contributed by atoms with Crippen LogP contribution in [-0.4, -0.2) is 11.9 Å². The topological polar surface area (TPSA) is 29.1 Å². The van der Waals surface area contributed by atoms with Crippen LogP contribution in [0.15, 0.2) is 24.3 Å². The normalized spacial score (nSPS) is 12.6. The summed E-state index contributed by atoms with van der Waals surface area (Å²) in [5, 5.41) is 2.64. The van der Waals surface area contributed by atoms with Crippen molar-refractivity contribution in [2.24, 2.45) is 0 Å². The Morgan fingerprint density at radius 1 is 1.40 bits per heavy atom. The van der Waals surface area contributed by atoms with Crippen molar-refractivity contribution in [3.63, 3.8) is 0 Å². The smallest absolute Gasteiger partial charge is 0.242 e. The van der Waals surface area contributed by atoms with E-state index < -0.39 is 5.38 Å². The fraction of sp³-hybridized carbons (Fsp3) is 0.364. The summed E-state index contributed by atoms with van der Waals surface area (Å²) >= 11 is 11.8. The summed E-state index contributed by atoms with van der Waals surface area (Å²) in [7, 11) is 0. The Labute approximate surface area is 99.6 Å². The van der Waals surface area contributed by atoms with E-state index in [0.29, 0.717) is 10.6 Å². The second kappa shape index (κ2) is 5.38. The van der Waals surface area contributed by atoms with Crippen LogP contribution in [0.25, 0.3) is 0 Å². The molecule has 1 unspecified atom stereocenters. The van der Waals surface area contributed by atoms with E-state index in [-0.39, 0.29) is 11.9 Å². The highest BCUT2D eigenvalue weighted by Crippen LogP contribution is 2.23. The first-order valence-electron chi connectivity index (χ1n) is 4.70. The average Bonchev–Trinajstić information content (AvgIpc) is 2.15. The molecule has 0 radical (unpaired) electrons. The molecule has 4 heteroatoms. The molecule has 1 aromatic carbocycles. The molecule has 0 aromatic heterocycles. The second-order valence-electron chi connectivity index (χ2n) is 3.58. The van der Waals surface area contributed by atoms with Crippen LogP contribution in [0.2, 0.25) is 5.02 Å². The zero-order valence-corrected chi connectivity index (χ0v) is 10.1. The molecule has 0 spiro atoms. The molecule has 1 N–H and O–H groups in total. The van der Waals surface area contributed by atoms with Gasteiger partial charge in [0.2, 0.25) is 5.91 Å². The zero-order valence-electron chi connectivity index (χ0n) is 8.63. The molecule has 1 atom stereocenters. The summed E-state index contributed by atoms with van der Waals surface area (Å²) in [4.78, 5) is 11.6. The molecule has 0 aliphatic rings. The second-order valence-corrected chi connectivity index (χ2v) is 4.45. The van der Waals surface area contributed by atoms with Crippen LogP contribution in [0.5, 0.6) is 0 Å². The van der Waals surface area contributed by atoms with E-state index in [1.54, 1.807) is 24.3 Å². The molecule has 82 valence electrons. The molecule has 2 nitrogen and oxygen atoms in total. The lowest BCUT2D eigenvalue weighted by molar-refractivity contribution is -0.121. The van der Waals surface area contributed by atoms with Gasteiger partial charge < -0.3 is 5.32 Å². The number of carbonyl (C=O) groups excluding carboxylic acids is 1.